The van der Waals surface area contributed by atoms with E-state index in [0.717, 1.165) is 13.1 Å². The molecule has 2 unspecified atom stereocenters. The Morgan fingerprint density at radius 2 is 1.95 bits per heavy atom. The van der Waals surface area contributed by atoms with Gasteiger partial charge < -0.3 is 5.32 Å². The van der Waals surface area contributed by atoms with E-state index in [2.05, 4.69) is 66.2 Å². The molecule has 1 aromatic carbocycles. The van der Waals surface area contributed by atoms with Gasteiger partial charge in [0.05, 0.1) is 0 Å². The molecule has 1 fully saturated rings. The number of nitrogens with one attached hydrogen (secondary N) is 1. The predicted molar refractivity (Wildman–Crippen MR) is 90.6 cm³/mol. The van der Waals surface area contributed by atoms with Crippen molar-refractivity contribution >= 4 is 0 Å². The van der Waals surface area contributed by atoms with Gasteiger partial charge in [-0.2, -0.15) is 0 Å². The topological polar surface area (TPSA) is 18.5 Å². The van der Waals surface area contributed by atoms with Gasteiger partial charge in [0.2, 0.25) is 0 Å². The van der Waals surface area contributed by atoms with Gasteiger partial charge in [0.1, 0.15) is 0 Å². The van der Waals surface area contributed by atoms with Crippen LogP contribution in [0.4, 0.5) is 0 Å². The summed E-state index contributed by atoms with van der Waals surface area (Å²) in [5.41, 5.74) is 1.41. The lowest BCUT2D eigenvalue weighted by molar-refractivity contribution is 0.0812. The maximum atomic E-state index is 3.72. The Kier molecular flexibility index (Phi) is 6.68. The van der Waals surface area contributed by atoms with Crippen molar-refractivity contribution in [3.8, 4) is 0 Å². The van der Waals surface area contributed by atoms with Gasteiger partial charge in [0, 0.05) is 38.3 Å². The van der Waals surface area contributed by atoms with Crippen LogP contribution < -0.4 is 5.32 Å². The normalized spacial score (nSPS) is 22.3. The number of nitrogens with zero attached hydrogens (tertiary/aromatic N) is 2. The van der Waals surface area contributed by atoms with E-state index in [-0.39, 0.29) is 0 Å². The number of rotatable bonds is 7. The molecule has 1 N–H and O–H groups in total. The lowest BCUT2D eigenvalue weighted by Crippen LogP contribution is -2.53. The first-order valence-corrected chi connectivity index (χ1v) is 8.49. The maximum absolute atomic E-state index is 3.72. The summed E-state index contributed by atoms with van der Waals surface area (Å²) in [6.45, 7) is 13.8. The van der Waals surface area contributed by atoms with E-state index in [1.54, 1.807) is 0 Å². The van der Waals surface area contributed by atoms with Gasteiger partial charge in [0.15, 0.2) is 0 Å². The quantitative estimate of drug-likeness (QED) is 0.833. The number of hydrogen-bond acceptors (Lipinski definition) is 3. The first-order chi connectivity index (χ1) is 10.2. The molecule has 0 radical (unpaired) electrons. The minimum absolute atomic E-state index is 0.450. The van der Waals surface area contributed by atoms with Crippen molar-refractivity contribution in [2.75, 3.05) is 39.3 Å². The van der Waals surface area contributed by atoms with E-state index < -0.39 is 0 Å². The Hall–Kier alpha value is -0.900. The second kappa shape index (κ2) is 8.52. The third-order valence-electron chi connectivity index (χ3n) is 4.54. The highest BCUT2D eigenvalue weighted by Crippen LogP contribution is 2.17. The minimum Gasteiger partial charge on any atom is -0.309 e. The van der Waals surface area contributed by atoms with Gasteiger partial charge in [0.25, 0.3) is 0 Å². The van der Waals surface area contributed by atoms with Crippen molar-refractivity contribution in [1.29, 1.82) is 0 Å². The third-order valence-corrected chi connectivity index (χ3v) is 4.54. The highest BCUT2D eigenvalue weighted by molar-refractivity contribution is 5.19. The monoisotopic (exact) mass is 289 g/mol. The van der Waals surface area contributed by atoms with Crippen LogP contribution in [0.15, 0.2) is 30.3 Å². The van der Waals surface area contributed by atoms with Crippen molar-refractivity contribution in [2.24, 2.45) is 0 Å². The molecule has 2 atom stereocenters. The Morgan fingerprint density at radius 3 is 2.57 bits per heavy atom. The van der Waals surface area contributed by atoms with Crippen molar-refractivity contribution in [2.45, 2.75) is 39.3 Å². The second-order valence-corrected chi connectivity index (χ2v) is 6.15. The molecule has 21 heavy (non-hydrogen) atoms. The fourth-order valence-corrected chi connectivity index (χ4v) is 3.26. The van der Waals surface area contributed by atoms with Crippen molar-refractivity contribution in [1.82, 2.24) is 15.1 Å². The first-order valence-electron chi connectivity index (χ1n) is 8.49. The van der Waals surface area contributed by atoms with Crippen LogP contribution in [0.1, 0.15) is 38.8 Å². The van der Waals surface area contributed by atoms with Crippen LogP contribution in [0.3, 0.4) is 0 Å². The third kappa shape index (κ3) is 4.80. The number of hydrogen-bond donors (Lipinski definition) is 1. The van der Waals surface area contributed by atoms with Gasteiger partial charge >= 0.3 is 0 Å². The summed E-state index contributed by atoms with van der Waals surface area (Å²) in [6.07, 6.45) is 1.18. The molecule has 1 heterocycles. The zero-order valence-electron chi connectivity index (χ0n) is 13.9. The number of likely N-dealkylation sites (N-methyl/N-ethyl adjacent to an activating group) is 1. The van der Waals surface area contributed by atoms with Crippen LogP contribution in [-0.4, -0.2) is 55.1 Å². The fourth-order valence-electron chi connectivity index (χ4n) is 3.26. The molecule has 118 valence electrons. The second-order valence-electron chi connectivity index (χ2n) is 6.15. The molecule has 0 bridgehead atoms. The Labute approximate surface area is 130 Å². The number of piperazine rings is 1. The van der Waals surface area contributed by atoms with Crippen LogP contribution in [-0.2, 0) is 0 Å². The van der Waals surface area contributed by atoms with E-state index in [4.69, 9.17) is 0 Å². The lowest BCUT2D eigenvalue weighted by atomic mass is 10.0. The minimum atomic E-state index is 0.450. The van der Waals surface area contributed by atoms with Crippen molar-refractivity contribution in [3.63, 3.8) is 0 Å². The van der Waals surface area contributed by atoms with E-state index in [1.165, 1.54) is 38.2 Å². The molecular weight excluding hydrogens is 258 g/mol. The highest BCUT2D eigenvalue weighted by atomic mass is 15.3. The SMILES string of the molecule is CCCNC(CN1CCN(CC)C(C)C1)c1ccccc1. The summed E-state index contributed by atoms with van der Waals surface area (Å²) in [5.74, 6) is 0. The predicted octanol–water partition coefficient (Wildman–Crippen LogP) is 2.75. The summed E-state index contributed by atoms with van der Waals surface area (Å²) < 4.78 is 0. The van der Waals surface area contributed by atoms with Crippen LogP contribution >= 0.6 is 0 Å². The van der Waals surface area contributed by atoms with Gasteiger partial charge in [-0.05, 0) is 32.0 Å². The molecular formula is C18H31N3. The zero-order valence-corrected chi connectivity index (χ0v) is 13.9. The summed E-state index contributed by atoms with van der Waals surface area (Å²) in [4.78, 5) is 5.20. The Morgan fingerprint density at radius 1 is 1.19 bits per heavy atom. The maximum Gasteiger partial charge on any atom is 0.0449 e. The highest BCUT2D eigenvalue weighted by Gasteiger charge is 2.24. The molecule has 1 aliphatic heterocycles. The van der Waals surface area contributed by atoms with Crippen LogP contribution in [0.5, 0.6) is 0 Å². The van der Waals surface area contributed by atoms with Gasteiger partial charge in [-0.15, -0.1) is 0 Å². The summed E-state index contributed by atoms with van der Waals surface area (Å²) in [6, 6.07) is 12.0. The smallest absolute Gasteiger partial charge is 0.0449 e. The average Bonchev–Trinajstić information content (AvgIpc) is 2.52. The van der Waals surface area contributed by atoms with Crippen molar-refractivity contribution in [3.05, 3.63) is 35.9 Å². The average molecular weight is 289 g/mol. The lowest BCUT2D eigenvalue weighted by Gasteiger charge is -2.40. The molecule has 3 nitrogen and oxygen atoms in total. The number of benzene rings is 1. The fraction of sp³-hybridized carbons (Fsp3) is 0.667. The molecule has 2 rings (SSSR count). The van der Waals surface area contributed by atoms with Crippen LogP contribution in [0, 0.1) is 0 Å². The molecule has 0 aliphatic carbocycles. The van der Waals surface area contributed by atoms with Gasteiger partial charge in [-0.1, -0.05) is 44.2 Å². The summed E-state index contributed by atoms with van der Waals surface area (Å²) >= 11 is 0. The Bertz CT molecular complexity index is 393. The largest absolute Gasteiger partial charge is 0.309 e. The van der Waals surface area contributed by atoms with E-state index in [1.807, 2.05) is 0 Å². The standard InChI is InChI=1S/C18H31N3/c1-4-11-19-18(17-9-7-6-8-10-17)15-20-12-13-21(5-2)16(3)14-20/h6-10,16,18-19H,4-5,11-15H2,1-3H3. The molecule has 1 aliphatic rings. The molecule has 1 saturated heterocycles. The van der Waals surface area contributed by atoms with E-state index in [0.29, 0.717) is 12.1 Å². The molecule has 1 aromatic rings. The van der Waals surface area contributed by atoms with E-state index >= 15 is 0 Å². The molecule has 0 aromatic heterocycles. The van der Waals surface area contributed by atoms with E-state index in [9.17, 15) is 0 Å². The van der Waals surface area contributed by atoms with Crippen LogP contribution in [0.2, 0.25) is 0 Å². The first kappa shape index (κ1) is 16.5. The molecule has 3 heteroatoms. The molecule has 0 spiro atoms. The molecule has 0 saturated carbocycles. The summed E-state index contributed by atoms with van der Waals surface area (Å²) in [5, 5.41) is 3.72. The zero-order chi connectivity index (χ0) is 15.1. The van der Waals surface area contributed by atoms with Gasteiger partial charge in [-0.25, -0.2) is 0 Å². The molecule has 0 amide bonds. The summed E-state index contributed by atoms with van der Waals surface area (Å²) in [7, 11) is 0. The van der Waals surface area contributed by atoms with Crippen LogP contribution in [0.25, 0.3) is 0 Å². The van der Waals surface area contributed by atoms with Gasteiger partial charge in [-0.3, -0.25) is 9.80 Å². The van der Waals surface area contributed by atoms with Crippen molar-refractivity contribution < 1.29 is 0 Å². The Balaban J connectivity index is 1.96.